The number of aromatic nitrogens is 3. The highest BCUT2D eigenvalue weighted by atomic mass is 127. The third-order valence-electron chi connectivity index (χ3n) is 5.14. The molecule has 0 amide bonds. The second-order valence-corrected chi connectivity index (χ2v) is 7.07. The zero-order chi connectivity index (χ0) is 18.2. The van der Waals surface area contributed by atoms with E-state index in [-0.39, 0.29) is 24.0 Å². The van der Waals surface area contributed by atoms with Crippen molar-refractivity contribution in [2.24, 2.45) is 4.99 Å². The normalized spacial score (nSPS) is 19.6. The number of halogens is 1. The first-order valence-corrected chi connectivity index (χ1v) is 10.0. The molecule has 1 fully saturated rings. The Morgan fingerprint density at radius 1 is 1.15 bits per heavy atom. The van der Waals surface area contributed by atoms with E-state index >= 15 is 0 Å². The number of fused-ring (bicyclic) bond motifs is 1. The van der Waals surface area contributed by atoms with E-state index in [0.717, 1.165) is 70.0 Å². The Morgan fingerprint density at radius 3 is 2.74 bits per heavy atom. The average Bonchev–Trinajstić information content (AvgIpc) is 2.90. The van der Waals surface area contributed by atoms with Crippen LogP contribution in [0.25, 0.3) is 0 Å². The summed E-state index contributed by atoms with van der Waals surface area (Å²) in [6.07, 6.45) is 4.73. The second kappa shape index (κ2) is 11.8. The number of aliphatic imine (C=N–C) groups is 1. The van der Waals surface area contributed by atoms with Crippen LogP contribution in [0.15, 0.2) is 4.99 Å². The molecule has 2 N–H and O–H groups in total. The third-order valence-corrected chi connectivity index (χ3v) is 5.14. The summed E-state index contributed by atoms with van der Waals surface area (Å²) in [5, 5.41) is 15.5. The number of ether oxygens (including phenoxy) is 1. The van der Waals surface area contributed by atoms with E-state index in [0.29, 0.717) is 12.6 Å². The molecule has 1 unspecified atom stereocenters. The third kappa shape index (κ3) is 6.56. The molecule has 0 radical (unpaired) electrons. The largest absolute Gasteiger partial charge is 0.379 e. The van der Waals surface area contributed by atoms with Crippen molar-refractivity contribution in [3.63, 3.8) is 0 Å². The number of morpholine rings is 1. The summed E-state index contributed by atoms with van der Waals surface area (Å²) >= 11 is 0. The first kappa shape index (κ1) is 22.4. The average molecular weight is 491 g/mol. The lowest BCUT2D eigenvalue weighted by molar-refractivity contribution is 0.0211. The van der Waals surface area contributed by atoms with Gasteiger partial charge in [0.25, 0.3) is 0 Å². The molecule has 1 aromatic rings. The molecular weight excluding hydrogens is 457 g/mol. The molecule has 9 heteroatoms. The van der Waals surface area contributed by atoms with Crippen LogP contribution >= 0.6 is 24.0 Å². The summed E-state index contributed by atoms with van der Waals surface area (Å²) in [7, 11) is 0. The highest BCUT2D eigenvalue weighted by molar-refractivity contribution is 14.0. The number of nitrogens with zero attached hydrogens (tertiary/aromatic N) is 5. The van der Waals surface area contributed by atoms with Gasteiger partial charge in [-0.25, -0.2) is 4.99 Å². The van der Waals surface area contributed by atoms with E-state index in [2.05, 4.69) is 44.1 Å². The number of hydrogen-bond acceptors (Lipinski definition) is 5. The molecule has 8 nitrogen and oxygen atoms in total. The van der Waals surface area contributed by atoms with Gasteiger partial charge < -0.3 is 19.9 Å². The molecule has 0 aliphatic carbocycles. The van der Waals surface area contributed by atoms with Crippen molar-refractivity contribution in [1.82, 2.24) is 30.3 Å². The Balaban J connectivity index is 0.00000261. The second-order valence-electron chi connectivity index (χ2n) is 7.07. The van der Waals surface area contributed by atoms with Crippen LogP contribution < -0.4 is 10.6 Å². The molecule has 27 heavy (non-hydrogen) atoms. The van der Waals surface area contributed by atoms with Crippen molar-refractivity contribution < 1.29 is 4.74 Å². The Kier molecular flexibility index (Phi) is 9.77. The Bertz CT molecular complexity index is 586. The van der Waals surface area contributed by atoms with E-state index in [9.17, 15) is 0 Å². The topological polar surface area (TPSA) is 79.6 Å². The Morgan fingerprint density at radius 2 is 1.96 bits per heavy atom. The summed E-state index contributed by atoms with van der Waals surface area (Å²) < 4.78 is 7.70. The fraction of sp³-hybridized carbons (Fsp3) is 0.833. The fourth-order valence-electron chi connectivity index (χ4n) is 3.55. The van der Waals surface area contributed by atoms with Gasteiger partial charge in [-0.2, -0.15) is 0 Å². The zero-order valence-electron chi connectivity index (χ0n) is 16.6. The van der Waals surface area contributed by atoms with Crippen molar-refractivity contribution >= 4 is 29.9 Å². The first-order valence-electron chi connectivity index (χ1n) is 10.0. The number of guanidine groups is 1. The van der Waals surface area contributed by atoms with Gasteiger partial charge in [0.15, 0.2) is 11.8 Å². The standard InChI is InChI=1S/C18H33N7O.HI/c1-3-19-18(20-13-15(2)24-9-11-26-12-10-24)21-14-17-23-22-16-7-5-4-6-8-25(16)17;/h15H,3-14H2,1-2H3,(H2,19,20,21);1H. The summed E-state index contributed by atoms with van der Waals surface area (Å²) in [6.45, 7) is 11.3. The van der Waals surface area contributed by atoms with Crippen LogP contribution in [0.4, 0.5) is 0 Å². The van der Waals surface area contributed by atoms with Gasteiger partial charge in [0.1, 0.15) is 12.4 Å². The van der Waals surface area contributed by atoms with Crippen LogP contribution in [-0.4, -0.2) is 71.1 Å². The van der Waals surface area contributed by atoms with Gasteiger partial charge in [-0.3, -0.25) is 4.90 Å². The van der Waals surface area contributed by atoms with Gasteiger partial charge >= 0.3 is 0 Å². The minimum absolute atomic E-state index is 0. The molecule has 0 aromatic carbocycles. The molecule has 0 bridgehead atoms. The van der Waals surface area contributed by atoms with Gasteiger partial charge in [0, 0.05) is 45.2 Å². The highest BCUT2D eigenvalue weighted by Crippen LogP contribution is 2.14. The molecule has 3 heterocycles. The maximum absolute atomic E-state index is 5.43. The summed E-state index contributed by atoms with van der Waals surface area (Å²) in [5.41, 5.74) is 0. The maximum Gasteiger partial charge on any atom is 0.191 e. The smallest absolute Gasteiger partial charge is 0.191 e. The molecular formula is C18H34IN7O. The molecule has 2 aliphatic rings. The highest BCUT2D eigenvalue weighted by Gasteiger charge is 2.17. The van der Waals surface area contributed by atoms with E-state index in [1.165, 1.54) is 19.3 Å². The Labute approximate surface area is 179 Å². The van der Waals surface area contributed by atoms with Crippen LogP contribution in [0, 0.1) is 0 Å². The van der Waals surface area contributed by atoms with Crippen LogP contribution in [0.5, 0.6) is 0 Å². The minimum Gasteiger partial charge on any atom is -0.379 e. The van der Waals surface area contributed by atoms with Crippen LogP contribution in [0.1, 0.15) is 44.8 Å². The van der Waals surface area contributed by atoms with E-state index in [4.69, 9.17) is 9.73 Å². The predicted octanol–water partition coefficient (Wildman–Crippen LogP) is 1.40. The fourth-order valence-corrected chi connectivity index (χ4v) is 3.55. The molecule has 154 valence electrons. The summed E-state index contributed by atoms with van der Waals surface area (Å²) in [4.78, 5) is 7.20. The molecule has 2 aliphatic heterocycles. The predicted molar refractivity (Wildman–Crippen MR) is 118 cm³/mol. The van der Waals surface area contributed by atoms with Crippen LogP contribution in [-0.2, 0) is 24.2 Å². The van der Waals surface area contributed by atoms with Crippen LogP contribution in [0.3, 0.4) is 0 Å². The van der Waals surface area contributed by atoms with E-state index < -0.39 is 0 Å². The van der Waals surface area contributed by atoms with Crippen molar-refractivity contribution in [2.75, 3.05) is 39.4 Å². The summed E-state index contributed by atoms with van der Waals surface area (Å²) in [6, 6.07) is 0.451. The zero-order valence-corrected chi connectivity index (χ0v) is 18.9. The van der Waals surface area contributed by atoms with Gasteiger partial charge in [-0.05, 0) is 26.7 Å². The van der Waals surface area contributed by atoms with Gasteiger partial charge in [-0.1, -0.05) is 6.42 Å². The van der Waals surface area contributed by atoms with E-state index in [1.807, 2.05) is 0 Å². The number of hydrogen-bond donors (Lipinski definition) is 2. The quantitative estimate of drug-likeness (QED) is 0.356. The van der Waals surface area contributed by atoms with Gasteiger partial charge in [0.05, 0.1) is 13.2 Å². The lowest BCUT2D eigenvalue weighted by Crippen LogP contribution is -2.49. The number of aryl methyl sites for hydroxylation is 1. The molecule has 3 rings (SSSR count). The SMILES string of the molecule is CCNC(=NCc1nnc2n1CCCCC2)NCC(C)N1CCOCC1.I. The molecule has 0 saturated carbocycles. The number of nitrogens with one attached hydrogen (secondary N) is 2. The molecule has 1 aromatic heterocycles. The van der Waals surface area contributed by atoms with Crippen LogP contribution in [0.2, 0.25) is 0 Å². The van der Waals surface area contributed by atoms with Crippen molar-refractivity contribution in [1.29, 1.82) is 0 Å². The first-order chi connectivity index (χ1) is 12.8. The summed E-state index contributed by atoms with van der Waals surface area (Å²) in [5.74, 6) is 2.94. The van der Waals surface area contributed by atoms with Crippen molar-refractivity contribution in [3.05, 3.63) is 11.6 Å². The van der Waals surface area contributed by atoms with Gasteiger partial charge in [-0.15, -0.1) is 34.2 Å². The lowest BCUT2D eigenvalue weighted by Gasteiger charge is -2.32. The van der Waals surface area contributed by atoms with Crippen molar-refractivity contribution in [3.8, 4) is 0 Å². The maximum atomic E-state index is 5.43. The Hall–Kier alpha value is -0.940. The monoisotopic (exact) mass is 491 g/mol. The van der Waals surface area contributed by atoms with Gasteiger partial charge in [0.2, 0.25) is 0 Å². The minimum atomic E-state index is 0. The number of rotatable bonds is 6. The molecule has 0 spiro atoms. The lowest BCUT2D eigenvalue weighted by atomic mass is 10.2. The molecule has 1 saturated heterocycles. The van der Waals surface area contributed by atoms with Crippen molar-refractivity contribution in [2.45, 2.75) is 58.7 Å². The van der Waals surface area contributed by atoms with E-state index in [1.54, 1.807) is 0 Å². The molecule has 1 atom stereocenters.